The Morgan fingerprint density at radius 2 is 2.33 bits per heavy atom. The van der Waals surface area contributed by atoms with Crippen molar-refractivity contribution in [3.8, 4) is 0 Å². The molecular weight excluding hydrogens is 230 g/mol. The molecule has 2 aliphatic heterocycles. The molecule has 0 aromatic heterocycles. The van der Waals surface area contributed by atoms with Gasteiger partial charge in [-0.05, 0) is 12.3 Å². The van der Waals surface area contributed by atoms with Crippen LogP contribution in [0, 0.1) is 11.3 Å². The fourth-order valence-corrected chi connectivity index (χ4v) is 2.91. The van der Waals surface area contributed by atoms with E-state index < -0.39 is 5.54 Å². The number of nitrogens with one attached hydrogen (secondary N) is 2. The average molecular weight is 253 g/mol. The lowest BCUT2D eigenvalue weighted by Crippen LogP contribution is -2.55. The molecule has 102 valence electrons. The summed E-state index contributed by atoms with van der Waals surface area (Å²) in [4.78, 5) is 13.9. The van der Waals surface area contributed by atoms with Crippen LogP contribution in [0.3, 0.4) is 0 Å². The van der Waals surface area contributed by atoms with Crippen LogP contribution in [0.2, 0.25) is 0 Å². The molecule has 0 bridgehead atoms. The van der Waals surface area contributed by atoms with Crippen molar-refractivity contribution in [3.05, 3.63) is 0 Å². The smallest absolute Gasteiger partial charge is 0.323 e. The second-order valence-electron chi connectivity index (χ2n) is 5.70. The normalized spacial score (nSPS) is 32.4. The van der Waals surface area contributed by atoms with Gasteiger partial charge in [0, 0.05) is 26.0 Å². The monoisotopic (exact) mass is 253 g/mol. The molecule has 2 aliphatic rings. The minimum absolute atomic E-state index is 0.120. The summed E-state index contributed by atoms with van der Waals surface area (Å²) in [6.45, 7) is 7.61. The predicted molar refractivity (Wildman–Crippen MR) is 69.8 cm³/mol. The van der Waals surface area contributed by atoms with Crippen LogP contribution in [0.4, 0.5) is 4.79 Å². The molecule has 2 rings (SSSR count). The quantitative estimate of drug-likeness (QED) is 0.807. The van der Waals surface area contributed by atoms with Gasteiger partial charge in [-0.1, -0.05) is 20.8 Å². The highest BCUT2D eigenvalue weighted by atomic mass is 16.5. The van der Waals surface area contributed by atoms with E-state index in [2.05, 4.69) is 26.1 Å². The van der Waals surface area contributed by atoms with E-state index in [1.54, 1.807) is 0 Å². The molecule has 2 heterocycles. The van der Waals surface area contributed by atoms with Crippen LogP contribution in [0.25, 0.3) is 0 Å². The summed E-state index contributed by atoms with van der Waals surface area (Å²) in [6, 6.07) is -0.120. The van der Waals surface area contributed by atoms with Crippen molar-refractivity contribution in [1.29, 1.82) is 5.41 Å². The first-order valence-electron chi connectivity index (χ1n) is 6.79. The van der Waals surface area contributed by atoms with E-state index in [-0.39, 0.29) is 12.1 Å². The molecule has 18 heavy (non-hydrogen) atoms. The maximum absolute atomic E-state index is 12.0. The van der Waals surface area contributed by atoms with Crippen molar-refractivity contribution in [2.45, 2.75) is 51.7 Å². The van der Waals surface area contributed by atoms with Gasteiger partial charge < -0.3 is 9.64 Å². The molecule has 0 aliphatic carbocycles. The number of carbonyl (C=O) groups is 1. The number of hydrogen-bond donors (Lipinski definition) is 2. The van der Waals surface area contributed by atoms with Crippen molar-refractivity contribution < 1.29 is 9.53 Å². The van der Waals surface area contributed by atoms with Crippen LogP contribution in [0.15, 0.2) is 0 Å². The highest BCUT2D eigenvalue weighted by Crippen LogP contribution is 2.36. The molecule has 1 spiro atoms. The Bertz CT molecular complexity index is 356. The lowest BCUT2D eigenvalue weighted by Gasteiger charge is -2.43. The van der Waals surface area contributed by atoms with Crippen LogP contribution >= 0.6 is 0 Å². The van der Waals surface area contributed by atoms with Crippen molar-refractivity contribution >= 4 is 11.9 Å². The largest absolute Gasteiger partial charge is 0.378 e. The fraction of sp³-hybridized carbons (Fsp3) is 0.846. The van der Waals surface area contributed by atoms with E-state index in [1.807, 2.05) is 4.90 Å². The number of hydrogen-bond acceptors (Lipinski definition) is 3. The first kappa shape index (κ1) is 13.3. The molecule has 0 aromatic rings. The van der Waals surface area contributed by atoms with Gasteiger partial charge in [0.1, 0.15) is 11.4 Å². The second-order valence-corrected chi connectivity index (χ2v) is 5.70. The number of ether oxygens (including phenoxy) is 1. The van der Waals surface area contributed by atoms with Crippen LogP contribution in [-0.2, 0) is 4.74 Å². The van der Waals surface area contributed by atoms with Gasteiger partial charge in [-0.25, -0.2) is 4.79 Å². The minimum Gasteiger partial charge on any atom is -0.378 e. The zero-order valence-corrected chi connectivity index (χ0v) is 11.5. The summed E-state index contributed by atoms with van der Waals surface area (Å²) < 4.78 is 5.69. The summed E-state index contributed by atoms with van der Waals surface area (Å²) in [5.41, 5.74) is -0.444. The first-order chi connectivity index (χ1) is 8.49. The lowest BCUT2D eigenvalue weighted by molar-refractivity contribution is -0.0354. The van der Waals surface area contributed by atoms with Gasteiger partial charge in [0.05, 0.1) is 6.10 Å². The number of nitrogens with zero attached hydrogens (tertiary/aromatic N) is 1. The molecule has 2 fully saturated rings. The number of urea groups is 1. The number of amidine groups is 1. The molecule has 0 radical (unpaired) electrons. The molecule has 2 unspecified atom stereocenters. The Morgan fingerprint density at radius 1 is 1.61 bits per heavy atom. The summed E-state index contributed by atoms with van der Waals surface area (Å²) >= 11 is 0. The number of carbonyl (C=O) groups excluding carboxylic acids is 1. The standard InChI is InChI=1S/C13H23N3O2/c1-4-10-7-13(5-6-18-10)11(14)15-12(17)16(13)8-9(2)3/h9-10H,4-8H2,1-3H3,(H2,14,15,17). The molecule has 0 saturated carbocycles. The van der Waals surface area contributed by atoms with Crippen molar-refractivity contribution in [1.82, 2.24) is 10.2 Å². The van der Waals surface area contributed by atoms with Crippen molar-refractivity contribution in [2.75, 3.05) is 13.2 Å². The molecule has 5 nitrogen and oxygen atoms in total. The van der Waals surface area contributed by atoms with Gasteiger partial charge in [0.2, 0.25) is 0 Å². The molecule has 2 saturated heterocycles. The highest BCUT2D eigenvalue weighted by molar-refractivity contribution is 6.08. The van der Waals surface area contributed by atoms with E-state index in [0.717, 1.165) is 19.3 Å². The maximum Gasteiger partial charge on any atom is 0.323 e. The van der Waals surface area contributed by atoms with Gasteiger partial charge in [-0.3, -0.25) is 10.7 Å². The second kappa shape index (κ2) is 4.88. The predicted octanol–water partition coefficient (Wildman–Crippen LogP) is 1.97. The van der Waals surface area contributed by atoms with Crippen LogP contribution in [-0.4, -0.2) is 41.6 Å². The van der Waals surface area contributed by atoms with E-state index in [4.69, 9.17) is 10.1 Å². The van der Waals surface area contributed by atoms with Crippen molar-refractivity contribution in [3.63, 3.8) is 0 Å². The Kier molecular flexibility index (Phi) is 3.61. The molecule has 2 amide bonds. The first-order valence-corrected chi connectivity index (χ1v) is 6.79. The van der Waals surface area contributed by atoms with E-state index >= 15 is 0 Å². The summed E-state index contributed by atoms with van der Waals surface area (Å²) in [5, 5.41) is 10.8. The Hall–Kier alpha value is -1.10. The van der Waals surface area contributed by atoms with Gasteiger partial charge in [-0.2, -0.15) is 0 Å². The fourth-order valence-electron chi connectivity index (χ4n) is 2.91. The SMILES string of the molecule is CCC1CC2(CCO1)C(=N)NC(=O)N2CC(C)C. The topological polar surface area (TPSA) is 65.4 Å². The zero-order chi connectivity index (χ0) is 13.3. The third kappa shape index (κ3) is 2.11. The summed E-state index contributed by atoms with van der Waals surface area (Å²) in [5.74, 6) is 0.761. The summed E-state index contributed by atoms with van der Waals surface area (Å²) in [6.07, 6.45) is 2.56. The molecule has 2 atom stereocenters. The molecular formula is C13H23N3O2. The highest BCUT2D eigenvalue weighted by Gasteiger charge is 2.52. The molecule has 2 N–H and O–H groups in total. The lowest BCUT2D eigenvalue weighted by atomic mass is 9.83. The van der Waals surface area contributed by atoms with Crippen LogP contribution in [0.1, 0.15) is 40.0 Å². The third-order valence-electron chi connectivity index (χ3n) is 3.90. The van der Waals surface area contributed by atoms with Crippen LogP contribution < -0.4 is 5.32 Å². The average Bonchev–Trinajstić information content (AvgIpc) is 2.54. The van der Waals surface area contributed by atoms with Gasteiger partial charge in [0.25, 0.3) is 0 Å². The Labute approximate surface area is 108 Å². The Balaban J connectivity index is 2.25. The van der Waals surface area contributed by atoms with E-state index in [0.29, 0.717) is 24.9 Å². The number of amides is 2. The van der Waals surface area contributed by atoms with Crippen molar-refractivity contribution in [2.24, 2.45) is 5.92 Å². The third-order valence-corrected chi connectivity index (χ3v) is 3.90. The maximum atomic E-state index is 12.0. The van der Waals surface area contributed by atoms with E-state index in [9.17, 15) is 4.79 Å². The molecule has 0 aromatic carbocycles. The zero-order valence-electron chi connectivity index (χ0n) is 11.5. The van der Waals surface area contributed by atoms with Crippen LogP contribution in [0.5, 0.6) is 0 Å². The van der Waals surface area contributed by atoms with Gasteiger partial charge >= 0.3 is 6.03 Å². The minimum atomic E-state index is -0.444. The molecule has 5 heteroatoms. The van der Waals surface area contributed by atoms with Gasteiger partial charge in [0.15, 0.2) is 0 Å². The Morgan fingerprint density at radius 3 is 2.94 bits per heavy atom. The van der Waals surface area contributed by atoms with E-state index in [1.165, 1.54) is 0 Å². The number of rotatable bonds is 3. The summed E-state index contributed by atoms with van der Waals surface area (Å²) in [7, 11) is 0. The van der Waals surface area contributed by atoms with Gasteiger partial charge in [-0.15, -0.1) is 0 Å².